The fraction of sp³-hybridized carbons (Fsp3) is 0.500. The molecule has 0 aromatic heterocycles. The van der Waals surface area contributed by atoms with Gasteiger partial charge in [-0.3, -0.25) is 4.79 Å². The molecule has 1 aliphatic rings. The van der Waals surface area contributed by atoms with Crippen molar-refractivity contribution in [2.45, 2.75) is 13.0 Å². The quantitative estimate of drug-likeness (QED) is 0.822. The summed E-state index contributed by atoms with van der Waals surface area (Å²) in [5.74, 6) is 0.493. The third kappa shape index (κ3) is 2.96. The molecule has 0 bridgehead atoms. The minimum Gasteiger partial charge on any atom is -0.337 e. The Kier molecular flexibility index (Phi) is 4.54. The van der Waals surface area contributed by atoms with E-state index in [1.54, 1.807) is 6.07 Å². The van der Waals surface area contributed by atoms with Crippen molar-refractivity contribution in [1.29, 1.82) is 0 Å². The van der Waals surface area contributed by atoms with Crippen LogP contribution in [0.15, 0.2) is 22.7 Å². The molecule has 0 aliphatic carbocycles. The first-order valence-electron chi connectivity index (χ1n) is 6.31. The smallest absolute Gasteiger partial charge is 0.255 e. The number of benzene rings is 1. The lowest BCUT2D eigenvalue weighted by atomic mass is 10.1. The molecule has 1 aromatic rings. The number of likely N-dealkylation sites (N-methyl/N-ethyl adjacent to an activating group) is 1. The van der Waals surface area contributed by atoms with E-state index in [1.807, 2.05) is 17.0 Å². The van der Waals surface area contributed by atoms with Gasteiger partial charge in [0.2, 0.25) is 0 Å². The summed E-state index contributed by atoms with van der Waals surface area (Å²) in [6.45, 7) is 3.72. The highest BCUT2D eigenvalue weighted by Gasteiger charge is 2.34. The summed E-state index contributed by atoms with van der Waals surface area (Å²) >= 11 is 9.56. The number of carbonyl (C=O) groups excluding carboxylic acids is 1. The fourth-order valence-electron chi connectivity index (χ4n) is 2.63. The summed E-state index contributed by atoms with van der Waals surface area (Å²) in [4.78, 5) is 16.6. The van der Waals surface area contributed by atoms with Gasteiger partial charge in [0.1, 0.15) is 0 Å². The van der Waals surface area contributed by atoms with Crippen LogP contribution in [-0.2, 0) is 0 Å². The van der Waals surface area contributed by atoms with E-state index in [0.717, 1.165) is 17.6 Å². The van der Waals surface area contributed by atoms with Crippen molar-refractivity contribution in [3.63, 3.8) is 0 Å². The van der Waals surface area contributed by atoms with Crippen LogP contribution in [-0.4, -0.2) is 48.9 Å². The molecule has 1 aromatic carbocycles. The van der Waals surface area contributed by atoms with Gasteiger partial charge in [-0.1, -0.05) is 24.6 Å². The second-order valence-electron chi connectivity index (χ2n) is 5.32. The monoisotopic (exact) mass is 344 g/mol. The number of amides is 1. The Labute approximate surface area is 127 Å². The molecule has 19 heavy (non-hydrogen) atoms. The molecule has 1 amide bonds. The topological polar surface area (TPSA) is 23.6 Å². The zero-order chi connectivity index (χ0) is 14.2. The number of likely N-dealkylation sites (tertiary alicyclic amines) is 1. The molecule has 2 rings (SSSR count). The third-order valence-corrected chi connectivity index (χ3v) is 5.00. The van der Waals surface area contributed by atoms with Crippen LogP contribution in [0.2, 0.25) is 5.02 Å². The van der Waals surface area contributed by atoms with Crippen molar-refractivity contribution in [3.05, 3.63) is 33.3 Å². The number of carbonyl (C=O) groups is 1. The van der Waals surface area contributed by atoms with Gasteiger partial charge >= 0.3 is 0 Å². The summed E-state index contributed by atoms with van der Waals surface area (Å²) in [5.41, 5.74) is 0.572. The summed E-state index contributed by atoms with van der Waals surface area (Å²) < 4.78 is 0.761. The molecule has 1 saturated heterocycles. The molecule has 1 heterocycles. The molecular formula is C14H18BrClN2O. The van der Waals surface area contributed by atoms with Gasteiger partial charge in [0.25, 0.3) is 5.91 Å². The number of hydrogen-bond donors (Lipinski definition) is 0. The molecule has 5 heteroatoms. The van der Waals surface area contributed by atoms with E-state index in [0.29, 0.717) is 22.5 Å². The number of nitrogens with zero attached hydrogens (tertiary/aromatic N) is 2. The van der Waals surface area contributed by atoms with Crippen molar-refractivity contribution in [1.82, 2.24) is 9.80 Å². The maximum atomic E-state index is 12.5. The predicted molar refractivity (Wildman–Crippen MR) is 81.7 cm³/mol. The third-order valence-electron chi connectivity index (χ3n) is 3.71. The van der Waals surface area contributed by atoms with Crippen LogP contribution in [0.25, 0.3) is 0 Å². The second-order valence-corrected chi connectivity index (χ2v) is 6.55. The van der Waals surface area contributed by atoms with Gasteiger partial charge in [-0.25, -0.2) is 0 Å². The summed E-state index contributed by atoms with van der Waals surface area (Å²) in [5, 5.41) is 0.494. The molecule has 2 unspecified atom stereocenters. The molecule has 1 aliphatic heterocycles. The molecule has 1 fully saturated rings. The SMILES string of the molecule is CC1CN(C(=O)c2cccc(Br)c2Cl)CC1N(C)C. The van der Waals surface area contributed by atoms with E-state index >= 15 is 0 Å². The van der Waals surface area contributed by atoms with Crippen LogP contribution in [0.3, 0.4) is 0 Å². The first-order valence-corrected chi connectivity index (χ1v) is 7.48. The summed E-state index contributed by atoms with van der Waals surface area (Å²) in [6.07, 6.45) is 0. The van der Waals surface area contributed by atoms with Crippen LogP contribution in [0, 0.1) is 5.92 Å². The van der Waals surface area contributed by atoms with Crippen LogP contribution in [0.1, 0.15) is 17.3 Å². The van der Waals surface area contributed by atoms with Crippen LogP contribution in [0.4, 0.5) is 0 Å². The molecular weight excluding hydrogens is 328 g/mol. The zero-order valence-corrected chi connectivity index (χ0v) is 13.7. The van der Waals surface area contributed by atoms with Gasteiger partial charge in [-0.15, -0.1) is 0 Å². The zero-order valence-electron chi connectivity index (χ0n) is 11.4. The molecule has 0 spiro atoms. The van der Waals surface area contributed by atoms with Crippen molar-refractivity contribution >= 4 is 33.4 Å². The van der Waals surface area contributed by atoms with Crippen molar-refractivity contribution in [2.75, 3.05) is 27.2 Å². The van der Waals surface area contributed by atoms with Gasteiger partial charge in [-0.2, -0.15) is 0 Å². The second kappa shape index (κ2) is 5.81. The lowest BCUT2D eigenvalue weighted by molar-refractivity contribution is 0.0781. The largest absolute Gasteiger partial charge is 0.337 e. The number of hydrogen-bond acceptors (Lipinski definition) is 2. The first kappa shape index (κ1) is 14.8. The highest BCUT2D eigenvalue weighted by Crippen LogP contribution is 2.29. The standard InChI is InChI=1S/C14H18BrClN2O/c1-9-7-18(8-12(9)17(2)3)14(19)10-5-4-6-11(15)13(10)16/h4-6,9,12H,7-8H2,1-3H3. The summed E-state index contributed by atoms with van der Waals surface area (Å²) in [7, 11) is 4.11. The van der Waals surface area contributed by atoms with E-state index in [2.05, 4.69) is 41.8 Å². The van der Waals surface area contributed by atoms with E-state index in [1.165, 1.54) is 0 Å². The van der Waals surface area contributed by atoms with Gasteiger partial charge < -0.3 is 9.80 Å². The minimum absolute atomic E-state index is 0.0162. The lowest BCUT2D eigenvalue weighted by Crippen LogP contribution is -2.35. The van der Waals surface area contributed by atoms with Gasteiger partial charge in [-0.05, 0) is 48.1 Å². The first-order chi connectivity index (χ1) is 8.91. The summed E-state index contributed by atoms with van der Waals surface area (Å²) in [6, 6.07) is 5.87. The predicted octanol–water partition coefficient (Wildman–Crippen LogP) is 3.12. The highest BCUT2D eigenvalue weighted by atomic mass is 79.9. The Morgan fingerprint density at radius 2 is 2.11 bits per heavy atom. The molecule has 0 saturated carbocycles. The van der Waals surface area contributed by atoms with E-state index in [9.17, 15) is 4.79 Å². The van der Waals surface area contributed by atoms with Gasteiger partial charge in [0, 0.05) is 23.6 Å². The number of halogens is 2. The maximum absolute atomic E-state index is 12.5. The van der Waals surface area contributed by atoms with Crippen LogP contribution >= 0.6 is 27.5 Å². The highest BCUT2D eigenvalue weighted by molar-refractivity contribution is 9.10. The van der Waals surface area contributed by atoms with Gasteiger partial charge in [0.05, 0.1) is 10.6 Å². The van der Waals surface area contributed by atoms with Crippen LogP contribution < -0.4 is 0 Å². The molecule has 0 radical (unpaired) electrons. The molecule has 0 N–H and O–H groups in total. The van der Waals surface area contributed by atoms with Gasteiger partial charge in [0.15, 0.2) is 0 Å². The average molecular weight is 346 g/mol. The van der Waals surface area contributed by atoms with E-state index < -0.39 is 0 Å². The Morgan fingerprint density at radius 1 is 1.42 bits per heavy atom. The van der Waals surface area contributed by atoms with Crippen LogP contribution in [0.5, 0.6) is 0 Å². The molecule has 3 nitrogen and oxygen atoms in total. The van der Waals surface area contributed by atoms with E-state index in [-0.39, 0.29) is 5.91 Å². The molecule has 2 atom stereocenters. The van der Waals surface area contributed by atoms with E-state index in [4.69, 9.17) is 11.6 Å². The normalized spacial score (nSPS) is 23.2. The Morgan fingerprint density at radius 3 is 2.68 bits per heavy atom. The molecule has 104 valence electrons. The Balaban J connectivity index is 2.20. The number of rotatable bonds is 2. The fourth-order valence-corrected chi connectivity index (χ4v) is 3.20. The Hall–Kier alpha value is -0.580. The van der Waals surface area contributed by atoms with Crippen molar-refractivity contribution in [3.8, 4) is 0 Å². The Bertz CT molecular complexity index is 492. The lowest BCUT2D eigenvalue weighted by Gasteiger charge is -2.22. The van der Waals surface area contributed by atoms with Crippen molar-refractivity contribution in [2.24, 2.45) is 5.92 Å². The van der Waals surface area contributed by atoms with Crippen molar-refractivity contribution < 1.29 is 4.79 Å². The average Bonchev–Trinajstić information content (AvgIpc) is 2.74. The minimum atomic E-state index is 0.0162. The maximum Gasteiger partial charge on any atom is 0.255 e.